The fourth-order valence-corrected chi connectivity index (χ4v) is 2.35. The molecule has 1 heterocycles. The van der Waals surface area contributed by atoms with E-state index in [1.165, 1.54) is 19.3 Å². The molecule has 0 spiro atoms. The van der Waals surface area contributed by atoms with Crippen LogP contribution in [0.4, 0.5) is 0 Å². The first-order valence-corrected chi connectivity index (χ1v) is 7.83. The summed E-state index contributed by atoms with van der Waals surface area (Å²) >= 11 is 9.22. The summed E-state index contributed by atoms with van der Waals surface area (Å²) in [7, 11) is 0. The first-order chi connectivity index (χ1) is 9.04. The van der Waals surface area contributed by atoms with Gasteiger partial charge in [-0.1, -0.05) is 44.2 Å². The van der Waals surface area contributed by atoms with Crippen LogP contribution in [-0.4, -0.2) is 16.9 Å². The Morgan fingerprint density at radius 1 is 1.47 bits per heavy atom. The minimum Gasteiger partial charge on any atom is -0.349 e. The van der Waals surface area contributed by atoms with Gasteiger partial charge in [-0.15, -0.1) is 0 Å². The van der Waals surface area contributed by atoms with Crippen molar-refractivity contribution in [1.82, 2.24) is 10.3 Å². The third kappa shape index (κ3) is 5.91. The number of halogens is 2. The first-order valence-electron chi connectivity index (χ1n) is 6.66. The van der Waals surface area contributed by atoms with Crippen LogP contribution >= 0.6 is 27.5 Å². The molecule has 3 nitrogen and oxygen atoms in total. The van der Waals surface area contributed by atoms with E-state index in [1.807, 2.05) is 6.92 Å². The fourth-order valence-electron chi connectivity index (χ4n) is 1.83. The number of nitrogens with zero attached hydrogens (tertiary/aromatic N) is 1. The van der Waals surface area contributed by atoms with Gasteiger partial charge >= 0.3 is 0 Å². The molecule has 0 fully saturated rings. The molecule has 19 heavy (non-hydrogen) atoms. The van der Waals surface area contributed by atoms with Gasteiger partial charge in [-0.3, -0.25) is 4.79 Å². The number of rotatable bonds is 7. The van der Waals surface area contributed by atoms with Gasteiger partial charge in [0.15, 0.2) is 0 Å². The Morgan fingerprint density at radius 3 is 2.89 bits per heavy atom. The number of carbonyl (C=O) groups excluding carboxylic acids is 1. The topological polar surface area (TPSA) is 42.0 Å². The van der Waals surface area contributed by atoms with Gasteiger partial charge in [-0.25, -0.2) is 4.98 Å². The molecule has 1 aromatic rings. The lowest BCUT2D eigenvalue weighted by molar-refractivity contribution is 0.0937. The van der Waals surface area contributed by atoms with Crippen molar-refractivity contribution in [2.24, 2.45) is 0 Å². The second-order valence-electron chi connectivity index (χ2n) is 4.72. The molecule has 1 unspecified atom stereocenters. The lowest BCUT2D eigenvalue weighted by Crippen LogP contribution is -2.32. The predicted octanol–water partition coefficient (Wildman–Crippen LogP) is 4.59. The van der Waals surface area contributed by atoms with Gasteiger partial charge in [0.1, 0.15) is 5.15 Å². The number of carbonyl (C=O) groups is 1. The third-order valence-electron chi connectivity index (χ3n) is 2.92. The minimum atomic E-state index is -0.165. The number of aromatic nitrogens is 1. The van der Waals surface area contributed by atoms with E-state index in [9.17, 15) is 4.79 Å². The molecule has 0 aliphatic heterocycles. The van der Waals surface area contributed by atoms with E-state index >= 15 is 0 Å². The molecular formula is C14H20BrClN2O. The second-order valence-corrected chi connectivity index (χ2v) is 5.99. The van der Waals surface area contributed by atoms with Crippen molar-refractivity contribution in [2.45, 2.75) is 52.0 Å². The highest BCUT2D eigenvalue weighted by atomic mass is 79.9. The predicted molar refractivity (Wildman–Crippen MR) is 82.6 cm³/mol. The molecule has 0 aromatic carbocycles. The number of hydrogen-bond acceptors (Lipinski definition) is 2. The first kappa shape index (κ1) is 16.4. The molecule has 1 atom stereocenters. The van der Waals surface area contributed by atoms with E-state index in [4.69, 9.17) is 11.6 Å². The Balaban J connectivity index is 2.47. The van der Waals surface area contributed by atoms with Gasteiger partial charge < -0.3 is 5.32 Å². The summed E-state index contributed by atoms with van der Waals surface area (Å²) in [4.78, 5) is 16.0. The number of amides is 1. The van der Waals surface area contributed by atoms with Crippen LogP contribution < -0.4 is 5.32 Å². The van der Waals surface area contributed by atoms with Gasteiger partial charge in [0.05, 0.1) is 5.56 Å². The molecule has 0 saturated carbocycles. The third-order valence-corrected chi connectivity index (χ3v) is 3.65. The van der Waals surface area contributed by atoms with E-state index in [1.54, 1.807) is 12.3 Å². The average Bonchev–Trinajstić information content (AvgIpc) is 2.37. The quantitative estimate of drug-likeness (QED) is 0.579. The summed E-state index contributed by atoms with van der Waals surface area (Å²) in [6.45, 7) is 4.20. The van der Waals surface area contributed by atoms with Crippen LogP contribution in [0.3, 0.4) is 0 Å². The van der Waals surface area contributed by atoms with E-state index < -0.39 is 0 Å². The summed E-state index contributed by atoms with van der Waals surface area (Å²) in [5.74, 6) is -0.165. The normalized spacial score (nSPS) is 12.2. The zero-order chi connectivity index (χ0) is 14.3. The van der Waals surface area contributed by atoms with Crippen LogP contribution in [0.15, 0.2) is 16.7 Å². The maximum atomic E-state index is 12.1. The van der Waals surface area contributed by atoms with Crippen LogP contribution in [0.2, 0.25) is 5.15 Å². The van der Waals surface area contributed by atoms with Crippen molar-refractivity contribution >= 4 is 33.4 Å². The number of hydrogen-bond donors (Lipinski definition) is 1. The summed E-state index contributed by atoms with van der Waals surface area (Å²) in [6.07, 6.45) is 7.40. The molecule has 0 aliphatic rings. The van der Waals surface area contributed by atoms with E-state index in [0.717, 1.165) is 17.3 Å². The Morgan fingerprint density at radius 2 is 2.21 bits per heavy atom. The van der Waals surface area contributed by atoms with E-state index in [0.29, 0.717) is 5.56 Å². The van der Waals surface area contributed by atoms with Gasteiger partial charge in [0, 0.05) is 16.7 Å². The molecule has 1 rings (SSSR count). The highest BCUT2D eigenvalue weighted by Crippen LogP contribution is 2.18. The SMILES string of the molecule is CCCCCCC(C)NC(=O)c1cc(Br)cnc1Cl. The molecule has 0 bridgehead atoms. The minimum absolute atomic E-state index is 0.152. The van der Waals surface area contributed by atoms with E-state index in [2.05, 4.69) is 33.2 Å². The second kappa shape index (κ2) is 8.54. The van der Waals surface area contributed by atoms with Crippen molar-refractivity contribution in [3.8, 4) is 0 Å². The summed E-state index contributed by atoms with van der Waals surface area (Å²) < 4.78 is 0.748. The molecule has 1 N–H and O–H groups in total. The maximum absolute atomic E-state index is 12.1. The monoisotopic (exact) mass is 346 g/mol. The summed E-state index contributed by atoms with van der Waals surface area (Å²) in [5, 5.41) is 3.19. The molecule has 1 aromatic heterocycles. The standard InChI is InChI=1S/C14H20BrClN2O/c1-3-4-5-6-7-10(2)18-14(19)12-8-11(15)9-17-13(12)16/h8-10H,3-7H2,1-2H3,(H,18,19). The maximum Gasteiger partial charge on any atom is 0.254 e. The highest BCUT2D eigenvalue weighted by molar-refractivity contribution is 9.10. The number of nitrogens with one attached hydrogen (secondary N) is 1. The molecule has 0 saturated heterocycles. The van der Waals surface area contributed by atoms with Gasteiger partial charge in [0.25, 0.3) is 5.91 Å². The van der Waals surface area contributed by atoms with Crippen molar-refractivity contribution in [2.75, 3.05) is 0 Å². The van der Waals surface area contributed by atoms with Crippen molar-refractivity contribution in [3.63, 3.8) is 0 Å². The average molecular weight is 348 g/mol. The Bertz CT molecular complexity index is 426. The zero-order valence-electron chi connectivity index (χ0n) is 11.4. The van der Waals surface area contributed by atoms with Crippen molar-refractivity contribution in [3.05, 3.63) is 27.5 Å². The lowest BCUT2D eigenvalue weighted by atomic mass is 10.1. The fraction of sp³-hybridized carbons (Fsp3) is 0.571. The van der Waals surface area contributed by atoms with Gasteiger partial charge in [-0.2, -0.15) is 0 Å². The van der Waals surface area contributed by atoms with Crippen LogP contribution in [0.1, 0.15) is 56.3 Å². The zero-order valence-corrected chi connectivity index (χ0v) is 13.7. The van der Waals surface area contributed by atoms with Crippen molar-refractivity contribution in [1.29, 1.82) is 0 Å². The van der Waals surface area contributed by atoms with Crippen molar-refractivity contribution < 1.29 is 4.79 Å². The Kier molecular flexibility index (Phi) is 7.39. The molecule has 106 valence electrons. The summed E-state index contributed by atoms with van der Waals surface area (Å²) in [5.41, 5.74) is 0.413. The number of pyridine rings is 1. The molecule has 1 amide bonds. The summed E-state index contributed by atoms with van der Waals surface area (Å²) in [6, 6.07) is 1.84. The smallest absolute Gasteiger partial charge is 0.254 e. The van der Waals surface area contributed by atoms with E-state index in [-0.39, 0.29) is 17.1 Å². The molecule has 5 heteroatoms. The molecular weight excluding hydrogens is 328 g/mol. The largest absolute Gasteiger partial charge is 0.349 e. The van der Waals surface area contributed by atoms with Crippen LogP contribution in [0, 0.1) is 0 Å². The van der Waals surface area contributed by atoms with Gasteiger partial charge in [0.2, 0.25) is 0 Å². The lowest BCUT2D eigenvalue weighted by Gasteiger charge is -2.14. The van der Waals surface area contributed by atoms with Gasteiger partial charge in [-0.05, 0) is 35.3 Å². The Labute approximate surface area is 128 Å². The molecule has 0 radical (unpaired) electrons. The highest BCUT2D eigenvalue weighted by Gasteiger charge is 2.14. The Hall–Kier alpha value is -0.610. The van der Waals surface area contributed by atoms with Crippen LogP contribution in [0.25, 0.3) is 0 Å². The van der Waals surface area contributed by atoms with Crippen LogP contribution in [-0.2, 0) is 0 Å². The molecule has 0 aliphatic carbocycles. The number of unbranched alkanes of at least 4 members (excludes halogenated alkanes) is 3. The van der Waals surface area contributed by atoms with Crippen LogP contribution in [0.5, 0.6) is 0 Å².